The molecule has 0 aliphatic carbocycles. The van der Waals surface area contributed by atoms with Gasteiger partial charge in [0.15, 0.2) is 0 Å². The summed E-state index contributed by atoms with van der Waals surface area (Å²) < 4.78 is 10.4. The smallest absolute Gasteiger partial charge is 0.306 e. The minimum atomic E-state index is -0.178. The summed E-state index contributed by atoms with van der Waals surface area (Å²) in [6, 6.07) is 6.25. The first kappa shape index (κ1) is 17.5. The maximum Gasteiger partial charge on any atom is 0.306 e. The largest absolute Gasteiger partial charge is 0.492 e. The van der Waals surface area contributed by atoms with Crippen LogP contribution in [0.3, 0.4) is 0 Å². The zero-order valence-electron chi connectivity index (χ0n) is 13.8. The second-order valence-corrected chi connectivity index (χ2v) is 5.65. The van der Waals surface area contributed by atoms with Crippen LogP contribution in [-0.2, 0) is 9.53 Å². The third-order valence-electron chi connectivity index (χ3n) is 3.53. The number of carbonyl (C=O) groups excluding carboxylic acids is 1. The molecule has 0 radical (unpaired) electrons. The van der Waals surface area contributed by atoms with Gasteiger partial charge in [-0.05, 0) is 43.1 Å². The van der Waals surface area contributed by atoms with E-state index in [4.69, 9.17) is 4.74 Å². The number of ether oxygens (including phenoxy) is 2. The summed E-state index contributed by atoms with van der Waals surface area (Å²) in [4.78, 5) is 13.1. The minimum absolute atomic E-state index is 0.178. The van der Waals surface area contributed by atoms with Gasteiger partial charge in [-0.25, -0.2) is 0 Å². The molecule has 4 heteroatoms. The topological polar surface area (TPSA) is 38.8 Å². The second-order valence-electron chi connectivity index (χ2n) is 5.65. The van der Waals surface area contributed by atoms with Crippen molar-refractivity contribution < 1.29 is 14.3 Å². The van der Waals surface area contributed by atoms with Gasteiger partial charge in [-0.3, -0.25) is 4.79 Å². The molecule has 21 heavy (non-hydrogen) atoms. The van der Waals surface area contributed by atoms with Crippen LogP contribution in [-0.4, -0.2) is 44.7 Å². The molecule has 1 rings (SSSR count). The van der Waals surface area contributed by atoms with Crippen LogP contribution in [0.4, 0.5) is 0 Å². The average Bonchev–Trinajstić information content (AvgIpc) is 2.44. The molecule has 0 heterocycles. The fourth-order valence-corrected chi connectivity index (χ4v) is 2.20. The van der Waals surface area contributed by atoms with Gasteiger partial charge >= 0.3 is 5.97 Å². The molecule has 0 bridgehead atoms. The molecule has 0 unspecified atom stereocenters. The number of carbonyl (C=O) groups is 1. The van der Waals surface area contributed by atoms with Crippen molar-refractivity contribution in [2.45, 2.75) is 33.1 Å². The Labute approximate surface area is 128 Å². The first-order valence-electron chi connectivity index (χ1n) is 7.42. The average molecular weight is 293 g/mol. The van der Waals surface area contributed by atoms with E-state index in [1.165, 1.54) is 18.2 Å². The number of likely N-dealkylation sites (N-methyl/N-ethyl adjacent to an activating group) is 1. The Bertz CT molecular complexity index is 457. The molecule has 0 aliphatic rings. The monoisotopic (exact) mass is 293 g/mol. The van der Waals surface area contributed by atoms with Crippen molar-refractivity contribution in [1.82, 2.24) is 4.90 Å². The molecule has 0 amide bonds. The van der Waals surface area contributed by atoms with Crippen molar-refractivity contribution in [1.29, 1.82) is 0 Å². The van der Waals surface area contributed by atoms with Crippen LogP contribution >= 0.6 is 0 Å². The zero-order chi connectivity index (χ0) is 15.8. The third kappa shape index (κ3) is 6.17. The Kier molecular flexibility index (Phi) is 7.23. The van der Waals surface area contributed by atoms with E-state index in [0.717, 1.165) is 12.3 Å². The van der Waals surface area contributed by atoms with Crippen LogP contribution in [0.25, 0.3) is 0 Å². The quantitative estimate of drug-likeness (QED) is 0.691. The minimum Gasteiger partial charge on any atom is -0.492 e. The molecule has 0 aromatic heterocycles. The molecule has 0 fully saturated rings. The standard InChI is InChI=1S/C17H27NO3/c1-13(2)16-7-6-15(12-14(16)3)21-11-10-18(4)9-8-17(19)20-5/h6-7,12-13H,8-11H2,1-5H3. The summed E-state index contributed by atoms with van der Waals surface area (Å²) in [5.74, 6) is 1.25. The number of hydrogen-bond acceptors (Lipinski definition) is 4. The van der Waals surface area contributed by atoms with Crippen LogP contribution in [0.15, 0.2) is 18.2 Å². The van der Waals surface area contributed by atoms with E-state index in [1.54, 1.807) is 0 Å². The summed E-state index contributed by atoms with van der Waals surface area (Å²) in [5, 5.41) is 0. The van der Waals surface area contributed by atoms with Gasteiger partial charge in [0.05, 0.1) is 13.5 Å². The van der Waals surface area contributed by atoms with Gasteiger partial charge < -0.3 is 14.4 Å². The number of methoxy groups -OCH3 is 1. The van der Waals surface area contributed by atoms with E-state index in [0.29, 0.717) is 25.5 Å². The van der Waals surface area contributed by atoms with Gasteiger partial charge in [0, 0.05) is 13.1 Å². The summed E-state index contributed by atoms with van der Waals surface area (Å²) in [6.07, 6.45) is 0.412. The highest BCUT2D eigenvalue weighted by Crippen LogP contribution is 2.23. The van der Waals surface area contributed by atoms with E-state index in [9.17, 15) is 4.79 Å². The van der Waals surface area contributed by atoms with Crippen LogP contribution in [0, 0.1) is 6.92 Å². The van der Waals surface area contributed by atoms with Gasteiger partial charge in [-0.15, -0.1) is 0 Å². The maximum absolute atomic E-state index is 11.1. The predicted molar refractivity (Wildman–Crippen MR) is 84.9 cm³/mol. The third-order valence-corrected chi connectivity index (χ3v) is 3.53. The molecule has 0 N–H and O–H groups in total. The lowest BCUT2D eigenvalue weighted by Gasteiger charge is -2.17. The Morgan fingerprint density at radius 3 is 2.57 bits per heavy atom. The van der Waals surface area contributed by atoms with Crippen LogP contribution in [0.2, 0.25) is 0 Å². The summed E-state index contributed by atoms with van der Waals surface area (Å²) in [7, 11) is 3.38. The molecular formula is C17H27NO3. The van der Waals surface area contributed by atoms with Crippen LogP contribution in [0.5, 0.6) is 5.75 Å². The lowest BCUT2D eigenvalue weighted by molar-refractivity contribution is -0.140. The van der Waals surface area contributed by atoms with Crippen molar-refractivity contribution >= 4 is 5.97 Å². The molecule has 118 valence electrons. The van der Waals surface area contributed by atoms with Gasteiger partial charge in [0.1, 0.15) is 12.4 Å². The summed E-state index contributed by atoms with van der Waals surface area (Å²) in [6.45, 7) is 8.57. The maximum atomic E-state index is 11.1. The SMILES string of the molecule is COC(=O)CCN(C)CCOc1ccc(C(C)C)c(C)c1. The second kappa shape index (κ2) is 8.67. The first-order valence-corrected chi connectivity index (χ1v) is 7.42. The Morgan fingerprint density at radius 1 is 1.29 bits per heavy atom. The summed E-state index contributed by atoms with van der Waals surface area (Å²) >= 11 is 0. The normalized spacial score (nSPS) is 11.0. The van der Waals surface area contributed by atoms with Crippen molar-refractivity contribution in [3.8, 4) is 5.75 Å². The van der Waals surface area contributed by atoms with E-state index >= 15 is 0 Å². The van der Waals surface area contributed by atoms with Gasteiger partial charge in [-0.1, -0.05) is 19.9 Å². The molecule has 0 saturated carbocycles. The summed E-state index contributed by atoms with van der Waals surface area (Å²) in [5.41, 5.74) is 2.62. The van der Waals surface area contributed by atoms with Crippen molar-refractivity contribution in [3.63, 3.8) is 0 Å². The molecule has 4 nitrogen and oxygen atoms in total. The van der Waals surface area contributed by atoms with Crippen molar-refractivity contribution in [3.05, 3.63) is 29.3 Å². The van der Waals surface area contributed by atoms with Crippen LogP contribution < -0.4 is 4.74 Å². The fourth-order valence-electron chi connectivity index (χ4n) is 2.20. The van der Waals surface area contributed by atoms with E-state index in [1.807, 2.05) is 13.1 Å². The predicted octanol–water partition coefficient (Wildman–Crippen LogP) is 2.99. The number of rotatable bonds is 8. The lowest BCUT2D eigenvalue weighted by Crippen LogP contribution is -2.27. The van der Waals surface area contributed by atoms with Crippen molar-refractivity contribution in [2.24, 2.45) is 0 Å². The molecule has 1 aromatic carbocycles. The lowest BCUT2D eigenvalue weighted by atomic mass is 9.98. The van der Waals surface area contributed by atoms with Crippen LogP contribution in [0.1, 0.15) is 37.3 Å². The number of hydrogen-bond donors (Lipinski definition) is 0. The number of aryl methyl sites for hydroxylation is 1. The zero-order valence-corrected chi connectivity index (χ0v) is 13.8. The fraction of sp³-hybridized carbons (Fsp3) is 0.588. The van der Waals surface area contributed by atoms with E-state index in [2.05, 4.69) is 42.5 Å². The number of nitrogens with zero attached hydrogens (tertiary/aromatic N) is 1. The molecular weight excluding hydrogens is 266 g/mol. The Morgan fingerprint density at radius 2 is 2.00 bits per heavy atom. The highest BCUT2D eigenvalue weighted by Gasteiger charge is 2.06. The van der Waals surface area contributed by atoms with Gasteiger partial charge in [0.2, 0.25) is 0 Å². The first-order chi connectivity index (χ1) is 9.93. The highest BCUT2D eigenvalue weighted by atomic mass is 16.5. The highest BCUT2D eigenvalue weighted by molar-refractivity contribution is 5.69. The number of esters is 1. The van der Waals surface area contributed by atoms with Crippen molar-refractivity contribution in [2.75, 3.05) is 33.9 Å². The molecule has 1 aromatic rings. The Balaban J connectivity index is 2.35. The molecule has 0 atom stereocenters. The molecule has 0 spiro atoms. The van der Waals surface area contributed by atoms with E-state index in [-0.39, 0.29) is 5.97 Å². The van der Waals surface area contributed by atoms with E-state index < -0.39 is 0 Å². The van der Waals surface area contributed by atoms with Gasteiger partial charge in [0.25, 0.3) is 0 Å². The Hall–Kier alpha value is -1.55. The number of benzene rings is 1. The molecule has 0 saturated heterocycles. The van der Waals surface area contributed by atoms with Gasteiger partial charge in [-0.2, -0.15) is 0 Å². The molecule has 0 aliphatic heterocycles.